The highest BCUT2D eigenvalue weighted by Crippen LogP contribution is 2.15. The molecule has 0 saturated heterocycles. The molecule has 1 aromatic heterocycles. The van der Waals surface area contributed by atoms with E-state index in [2.05, 4.69) is 10.1 Å². The van der Waals surface area contributed by atoms with Crippen LogP contribution in [0.25, 0.3) is 5.69 Å². The second kappa shape index (κ2) is 6.94. The molecule has 0 aliphatic rings. The van der Waals surface area contributed by atoms with E-state index in [-0.39, 0.29) is 17.9 Å². The van der Waals surface area contributed by atoms with Crippen LogP contribution in [0.4, 0.5) is 4.39 Å². The lowest BCUT2D eigenvalue weighted by atomic mass is 10.3. The number of hydrogen-bond acceptors (Lipinski definition) is 4. The lowest BCUT2D eigenvalue weighted by Crippen LogP contribution is -2.14. The van der Waals surface area contributed by atoms with Gasteiger partial charge in [-0.2, -0.15) is 5.10 Å². The third-order valence-electron chi connectivity index (χ3n) is 2.81. The largest absolute Gasteiger partial charge is 0.381 e. The van der Waals surface area contributed by atoms with Gasteiger partial charge in [0.25, 0.3) is 0 Å². The topological polar surface area (TPSA) is 83.0 Å². The maximum Gasteiger partial charge on any atom is 0.225 e. The number of amides is 1. The lowest BCUT2D eigenvalue weighted by molar-refractivity contribution is -0.117. The van der Waals surface area contributed by atoms with Crippen molar-refractivity contribution in [3.05, 3.63) is 41.7 Å². The average Bonchev–Trinajstić information content (AvgIpc) is 2.81. The van der Waals surface area contributed by atoms with Crippen molar-refractivity contribution in [1.29, 1.82) is 0 Å². The Morgan fingerprint density at radius 3 is 2.86 bits per heavy atom. The second-order valence-corrected chi connectivity index (χ2v) is 4.40. The van der Waals surface area contributed by atoms with Gasteiger partial charge in [0.2, 0.25) is 5.91 Å². The maximum atomic E-state index is 13.9. The highest BCUT2D eigenvalue weighted by molar-refractivity contribution is 5.75. The normalized spacial score (nSPS) is 10.8. The number of halogens is 1. The third kappa shape index (κ3) is 3.85. The Morgan fingerprint density at radius 2 is 2.19 bits per heavy atom. The first-order chi connectivity index (χ1) is 10.1. The zero-order chi connectivity index (χ0) is 15.2. The Labute approximate surface area is 121 Å². The fraction of sp³-hybridized carbons (Fsp3) is 0.357. The summed E-state index contributed by atoms with van der Waals surface area (Å²) in [7, 11) is 0. The highest BCUT2D eigenvalue weighted by Gasteiger charge is 2.15. The van der Waals surface area contributed by atoms with Crippen LogP contribution in [0, 0.1) is 5.82 Å². The molecule has 1 aromatic carbocycles. The van der Waals surface area contributed by atoms with Gasteiger partial charge in [-0.25, -0.2) is 14.1 Å². The average molecular weight is 292 g/mol. The molecule has 1 amide bonds. The molecule has 0 atom stereocenters. The van der Waals surface area contributed by atoms with Gasteiger partial charge in [0.1, 0.15) is 17.3 Å². The molecule has 0 bridgehead atoms. The van der Waals surface area contributed by atoms with E-state index in [1.165, 1.54) is 10.7 Å². The molecular weight excluding hydrogens is 275 g/mol. The Kier molecular flexibility index (Phi) is 4.99. The first-order valence-corrected chi connectivity index (χ1v) is 6.67. The molecule has 0 radical (unpaired) electrons. The predicted octanol–water partition coefficient (Wildman–Crippen LogP) is 1.01. The lowest BCUT2D eigenvalue weighted by Gasteiger charge is -2.06. The number of benzene rings is 1. The van der Waals surface area contributed by atoms with Crippen LogP contribution < -0.4 is 5.73 Å². The van der Waals surface area contributed by atoms with E-state index in [4.69, 9.17) is 10.5 Å². The Bertz CT molecular complexity index is 627. The van der Waals surface area contributed by atoms with E-state index in [9.17, 15) is 9.18 Å². The summed E-state index contributed by atoms with van der Waals surface area (Å²) >= 11 is 0. The Hall–Kier alpha value is -2.28. The van der Waals surface area contributed by atoms with Gasteiger partial charge in [0.15, 0.2) is 5.82 Å². The molecule has 21 heavy (non-hydrogen) atoms. The molecule has 0 spiro atoms. The molecule has 2 N–H and O–H groups in total. The standard InChI is InChI=1S/C14H17FN4O2/c1-2-21-8-7-14-17-13(9-12(16)20)18-19(14)11-6-4-3-5-10(11)15/h3-6H,2,7-9H2,1H3,(H2,16,20). The molecule has 2 rings (SSSR count). The van der Waals surface area contributed by atoms with Gasteiger partial charge in [-0.15, -0.1) is 0 Å². The zero-order valence-corrected chi connectivity index (χ0v) is 11.8. The van der Waals surface area contributed by atoms with Crippen LogP contribution in [0.5, 0.6) is 0 Å². The highest BCUT2D eigenvalue weighted by atomic mass is 19.1. The minimum absolute atomic E-state index is 0.0803. The number of para-hydroxylation sites is 1. The molecule has 1 heterocycles. The molecule has 0 aliphatic heterocycles. The minimum atomic E-state index is -0.531. The number of carbonyl (C=O) groups is 1. The number of ether oxygens (including phenoxy) is 1. The number of nitrogens with zero attached hydrogens (tertiary/aromatic N) is 3. The number of carbonyl (C=O) groups excluding carboxylic acids is 1. The first kappa shape index (κ1) is 15.1. The maximum absolute atomic E-state index is 13.9. The van der Waals surface area contributed by atoms with E-state index < -0.39 is 11.7 Å². The van der Waals surface area contributed by atoms with Crippen LogP contribution in [-0.2, 0) is 22.4 Å². The number of hydrogen-bond donors (Lipinski definition) is 1. The summed E-state index contributed by atoms with van der Waals surface area (Å²) in [5.41, 5.74) is 5.43. The van der Waals surface area contributed by atoms with E-state index in [0.717, 1.165) is 0 Å². The number of primary amides is 1. The summed E-state index contributed by atoms with van der Waals surface area (Å²) in [5.74, 6) is -0.134. The molecule has 0 aliphatic carbocycles. The van der Waals surface area contributed by atoms with Crippen molar-refractivity contribution < 1.29 is 13.9 Å². The SMILES string of the molecule is CCOCCc1nc(CC(N)=O)nn1-c1ccccc1F. The van der Waals surface area contributed by atoms with E-state index in [0.29, 0.717) is 25.5 Å². The molecule has 112 valence electrons. The third-order valence-corrected chi connectivity index (χ3v) is 2.81. The van der Waals surface area contributed by atoms with E-state index in [1.54, 1.807) is 18.2 Å². The molecule has 6 nitrogen and oxygen atoms in total. The monoisotopic (exact) mass is 292 g/mol. The molecular formula is C14H17FN4O2. The Morgan fingerprint density at radius 1 is 1.43 bits per heavy atom. The van der Waals surface area contributed by atoms with Gasteiger partial charge in [0.05, 0.1) is 13.0 Å². The summed E-state index contributed by atoms with van der Waals surface area (Å²) in [4.78, 5) is 15.2. The minimum Gasteiger partial charge on any atom is -0.381 e. The summed E-state index contributed by atoms with van der Waals surface area (Å²) < 4.78 is 20.6. The molecule has 0 fully saturated rings. The second-order valence-electron chi connectivity index (χ2n) is 4.40. The van der Waals surface area contributed by atoms with Crippen molar-refractivity contribution in [3.8, 4) is 5.69 Å². The van der Waals surface area contributed by atoms with Crippen molar-refractivity contribution >= 4 is 5.91 Å². The zero-order valence-electron chi connectivity index (χ0n) is 11.8. The van der Waals surface area contributed by atoms with Gasteiger partial charge in [-0.1, -0.05) is 12.1 Å². The van der Waals surface area contributed by atoms with Crippen LogP contribution in [0.1, 0.15) is 18.6 Å². The molecule has 2 aromatic rings. The van der Waals surface area contributed by atoms with Crippen molar-refractivity contribution in [1.82, 2.24) is 14.8 Å². The van der Waals surface area contributed by atoms with E-state index in [1.807, 2.05) is 6.92 Å². The summed E-state index contributed by atoms with van der Waals surface area (Å²) in [5, 5.41) is 4.17. The van der Waals surface area contributed by atoms with Crippen LogP contribution in [-0.4, -0.2) is 33.9 Å². The van der Waals surface area contributed by atoms with Gasteiger partial charge >= 0.3 is 0 Å². The van der Waals surface area contributed by atoms with E-state index >= 15 is 0 Å². The van der Waals surface area contributed by atoms with Crippen molar-refractivity contribution in [2.45, 2.75) is 19.8 Å². The molecule has 0 saturated carbocycles. The van der Waals surface area contributed by atoms with Gasteiger partial charge in [-0.3, -0.25) is 4.79 Å². The van der Waals surface area contributed by atoms with Gasteiger partial charge in [-0.05, 0) is 19.1 Å². The molecule has 0 unspecified atom stereocenters. The summed E-state index contributed by atoms with van der Waals surface area (Å²) in [6.07, 6.45) is 0.386. The van der Waals surface area contributed by atoms with Crippen LogP contribution in [0.15, 0.2) is 24.3 Å². The van der Waals surface area contributed by atoms with Crippen LogP contribution >= 0.6 is 0 Å². The summed E-state index contributed by atoms with van der Waals surface area (Å²) in [6, 6.07) is 6.25. The number of rotatable bonds is 7. The first-order valence-electron chi connectivity index (χ1n) is 6.67. The summed E-state index contributed by atoms with van der Waals surface area (Å²) in [6.45, 7) is 2.92. The van der Waals surface area contributed by atoms with Crippen molar-refractivity contribution in [3.63, 3.8) is 0 Å². The predicted molar refractivity (Wildman–Crippen MR) is 74.4 cm³/mol. The fourth-order valence-corrected chi connectivity index (χ4v) is 1.91. The van der Waals surface area contributed by atoms with Crippen molar-refractivity contribution in [2.24, 2.45) is 5.73 Å². The van der Waals surface area contributed by atoms with Crippen LogP contribution in [0.2, 0.25) is 0 Å². The quantitative estimate of drug-likeness (QED) is 0.772. The number of aromatic nitrogens is 3. The smallest absolute Gasteiger partial charge is 0.225 e. The fourth-order valence-electron chi connectivity index (χ4n) is 1.91. The van der Waals surface area contributed by atoms with Gasteiger partial charge < -0.3 is 10.5 Å². The van der Waals surface area contributed by atoms with Gasteiger partial charge in [0, 0.05) is 13.0 Å². The molecule has 7 heteroatoms. The van der Waals surface area contributed by atoms with Crippen LogP contribution in [0.3, 0.4) is 0 Å². The Balaban J connectivity index is 2.34. The van der Waals surface area contributed by atoms with Crippen molar-refractivity contribution in [2.75, 3.05) is 13.2 Å². The number of nitrogens with two attached hydrogens (primary N) is 1.